The van der Waals surface area contributed by atoms with E-state index in [1.165, 1.54) is 50.5 Å². The summed E-state index contributed by atoms with van der Waals surface area (Å²) in [5.41, 5.74) is 4.63. The van der Waals surface area contributed by atoms with E-state index in [2.05, 4.69) is 5.32 Å². The van der Waals surface area contributed by atoms with Gasteiger partial charge in [-0.1, -0.05) is 18.2 Å². The normalized spacial score (nSPS) is 12.6. The molecule has 0 fully saturated rings. The highest BCUT2D eigenvalue weighted by Gasteiger charge is 2.27. The zero-order valence-electron chi connectivity index (χ0n) is 25.6. The topological polar surface area (TPSA) is 130 Å². The third-order valence-electron chi connectivity index (χ3n) is 8.21. The molecule has 0 atom stereocenters. The summed E-state index contributed by atoms with van der Waals surface area (Å²) in [6.45, 7) is 0. The predicted octanol–water partition coefficient (Wildman–Crippen LogP) is 6.31. The molecule has 47 heavy (non-hydrogen) atoms. The van der Waals surface area contributed by atoms with E-state index in [9.17, 15) is 31.9 Å². The summed E-state index contributed by atoms with van der Waals surface area (Å²) in [6, 6.07) is 16.7. The van der Waals surface area contributed by atoms with Gasteiger partial charge in [-0.25, -0.2) is 22.2 Å². The van der Waals surface area contributed by atoms with Crippen LogP contribution in [-0.4, -0.2) is 50.7 Å². The highest BCUT2D eigenvalue weighted by Crippen LogP contribution is 2.42. The zero-order valence-corrected chi connectivity index (χ0v) is 26.4. The highest BCUT2D eigenvalue weighted by atomic mass is 32.2. The number of allylic oxidation sites excluding steroid dienone is 1. The number of aromatic nitrogens is 1. The molecule has 0 spiro atoms. The first kappa shape index (κ1) is 31.6. The summed E-state index contributed by atoms with van der Waals surface area (Å²) >= 11 is 0. The molecule has 2 N–H and O–H groups in total. The van der Waals surface area contributed by atoms with Crippen molar-refractivity contribution in [2.24, 2.45) is 0 Å². The first-order chi connectivity index (χ1) is 22.3. The van der Waals surface area contributed by atoms with Crippen molar-refractivity contribution in [2.75, 3.05) is 24.7 Å². The first-order valence-corrected chi connectivity index (χ1v) is 16.4. The molecule has 9 nitrogen and oxygen atoms in total. The number of benzene rings is 3. The van der Waals surface area contributed by atoms with Gasteiger partial charge in [0.05, 0.1) is 28.9 Å². The van der Waals surface area contributed by atoms with Gasteiger partial charge in [0.25, 0.3) is 5.91 Å². The van der Waals surface area contributed by atoms with E-state index in [1.807, 2.05) is 6.07 Å². The lowest BCUT2D eigenvalue weighted by Gasteiger charge is -2.21. The number of anilines is 1. The third-order valence-corrected chi connectivity index (χ3v) is 9.41. The zero-order chi connectivity index (χ0) is 33.6. The number of amides is 1. The quantitative estimate of drug-likeness (QED) is 0.190. The summed E-state index contributed by atoms with van der Waals surface area (Å²) in [5.74, 6) is -2.16. The van der Waals surface area contributed by atoms with Gasteiger partial charge in [0.15, 0.2) is 0 Å². The molecular weight excluding hydrogens is 628 g/mol. The molecule has 1 aliphatic rings. The number of hydrogen-bond donors (Lipinski definition) is 2. The Morgan fingerprint density at radius 2 is 1.81 bits per heavy atom. The first-order valence-electron chi connectivity index (χ1n) is 14.6. The number of carboxylic acids is 1. The fourth-order valence-corrected chi connectivity index (χ4v) is 6.28. The minimum atomic E-state index is -3.80. The van der Waals surface area contributed by atoms with Crippen LogP contribution in [0.1, 0.15) is 39.2 Å². The molecule has 0 aliphatic heterocycles. The molecule has 3 aromatic carbocycles. The van der Waals surface area contributed by atoms with Crippen molar-refractivity contribution in [3.63, 3.8) is 0 Å². The van der Waals surface area contributed by atoms with Crippen molar-refractivity contribution < 1.29 is 36.3 Å². The van der Waals surface area contributed by atoms with Gasteiger partial charge in [0, 0.05) is 55.1 Å². The average Bonchev–Trinajstić information content (AvgIpc) is 3.65. The molecular formula is C35H29F2N3O6S. The minimum absolute atomic E-state index is 0.159. The molecule has 0 saturated carbocycles. The van der Waals surface area contributed by atoms with E-state index < -0.39 is 27.7 Å². The maximum Gasteiger partial charge on any atom is 0.303 e. The second-order valence-electron chi connectivity index (χ2n) is 11.2. The number of fused-ring (bicyclic) bond motifs is 2. The second-order valence-corrected chi connectivity index (χ2v) is 13.3. The number of carbonyl (C=O) groups is 2. The largest absolute Gasteiger partial charge is 0.481 e. The molecule has 1 aliphatic carbocycles. The van der Waals surface area contributed by atoms with Crippen LogP contribution in [0.3, 0.4) is 0 Å². The molecule has 0 radical (unpaired) electrons. The van der Waals surface area contributed by atoms with Crippen molar-refractivity contribution in [1.29, 1.82) is 0 Å². The Bertz CT molecular complexity index is 2230. The number of furan rings is 1. The van der Waals surface area contributed by atoms with Crippen molar-refractivity contribution >= 4 is 50.2 Å². The van der Waals surface area contributed by atoms with E-state index in [0.29, 0.717) is 51.0 Å². The van der Waals surface area contributed by atoms with E-state index in [0.717, 1.165) is 16.1 Å². The lowest BCUT2D eigenvalue weighted by Crippen LogP contribution is -2.25. The van der Waals surface area contributed by atoms with Crippen LogP contribution in [0.4, 0.5) is 14.5 Å². The molecule has 2 heterocycles. The van der Waals surface area contributed by atoms with Gasteiger partial charge in [-0.15, -0.1) is 0 Å². The van der Waals surface area contributed by atoms with Crippen LogP contribution >= 0.6 is 0 Å². The SMILES string of the molecule is CNC(=O)c1c(-c2ccc(F)cc2)oc2cc(N(C)S(C)(=O)=O)c(-c3ccc(CCC(=O)O)c(C4=Cc5c(F)cccc5C4)n3)cc12. The lowest BCUT2D eigenvalue weighted by atomic mass is 9.97. The van der Waals surface area contributed by atoms with Gasteiger partial charge in [0.2, 0.25) is 10.0 Å². The van der Waals surface area contributed by atoms with E-state index in [1.54, 1.807) is 30.3 Å². The Hall–Kier alpha value is -5.36. The van der Waals surface area contributed by atoms with Crippen molar-refractivity contribution in [1.82, 2.24) is 10.3 Å². The fourth-order valence-electron chi connectivity index (χ4n) is 5.77. The smallest absolute Gasteiger partial charge is 0.303 e. The summed E-state index contributed by atoms with van der Waals surface area (Å²) in [5, 5.41) is 12.4. The van der Waals surface area contributed by atoms with E-state index >= 15 is 0 Å². The van der Waals surface area contributed by atoms with Crippen molar-refractivity contribution in [3.05, 3.63) is 106 Å². The van der Waals surface area contributed by atoms with Crippen molar-refractivity contribution in [3.8, 4) is 22.6 Å². The van der Waals surface area contributed by atoms with Crippen LogP contribution in [0, 0.1) is 11.6 Å². The molecule has 1 amide bonds. The number of nitrogens with zero attached hydrogens (tertiary/aromatic N) is 2. The van der Waals surface area contributed by atoms with E-state index in [-0.39, 0.29) is 41.3 Å². The van der Waals surface area contributed by atoms with Crippen LogP contribution in [0.5, 0.6) is 0 Å². The second kappa shape index (κ2) is 12.1. The number of carbonyl (C=O) groups excluding carboxylic acids is 1. The van der Waals surface area contributed by atoms with Gasteiger partial charge >= 0.3 is 5.97 Å². The Kier molecular flexibility index (Phi) is 8.14. The number of rotatable bonds is 9. The fraction of sp³-hybridized carbons (Fsp3) is 0.171. The standard InChI is InChI=1S/C35H29F2N3O6S/c1-38-35(43)32-26-17-25(29(40(2)47(3,44)45)18-30(26)46-34(32)20-7-11-23(36)12-8-20)28-13-9-19(10-14-31(41)42)33(39-28)22-15-21-5-4-6-27(37)24(21)16-22/h4-9,11-13,16-18H,10,14-15H2,1-3H3,(H,38,43)(H,41,42). The molecule has 12 heteroatoms. The maximum absolute atomic E-state index is 14.7. The Balaban J connectivity index is 1.61. The number of aliphatic carboxylic acids is 1. The van der Waals surface area contributed by atoms with Crippen molar-refractivity contribution in [2.45, 2.75) is 19.3 Å². The number of aryl methyl sites for hydroxylation is 1. The number of sulfonamides is 1. The summed E-state index contributed by atoms with van der Waals surface area (Å²) < 4.78 is 61.3. The van der Waals surface area contributed by atoms with Crippen LogP contribution in [0.15, 0.2) is 71.1 Å². The molecule has 240 valence electrons. The Morgan fingerprint density at radius 1 is 1.06 bits per heavy atom. The highest BCUT2D eigenvalue weighted by molar-refractivity contribution is 7.92. The maximum atomic E-state index is 14.7. The molecule has 0 bridgehead atoms. The van der Waals surface area contributed by atoms with Crippen LogP contribution in [-0.2, 0) is 27.7 Å². The monoisotopic (exact) mass is 657 g/mol. The van der Waals surface area contributed by atoms with Gasteiger partial charge in [0.1, 0.15) is 23.0 Å². The van der Waals surface area contributed by atoms with Crippen LogP contribution < -0.4 is 9.62 Å². The van der Waals surface area contributed by atoms with Crippen LogP contribution in [0.25, 0.3) is 45.2 Å². The Labute approximate surface area is 269 Å². The van der Waals surface area contributed by atoms with Crippen LogP contribution in [0.2, 0.25) is 0 Å². The number of carboxylic acid groups (broad SMARTS) is 1. The molecule has 6 rings (SSSR count). The number of halogens is 2. The van der Waals surface area contributed by atoms with Gasteiger partial charge < -0.3 is 14.8 Å². The number of nitrogens with one attached hydrogen (secondary N) is 1. The number of hydrogen-bond acceptors (Lipinski definition) is 6. The van der Waals surface area contributed by atoms with Gasteiger partial charge in [-0.05, 0) is 71.7 Å². The lowest BCUT2D eigenvalue weighted by molar-refractivity contribution is -0.136. The average molecular weight is 658 g/mol. The molecule has 5 aromatic rings. The summed E-state index contributed by atoms with van der Waals surface area (Å²) in [7, 11) is -0.965. The van der Waals surface area contributed by atoms with E-state index in [4.69, 9.17) is 9.40 Å². The third kappa shape index (κ3) is 5.99. The number of pyridine rings is 1. The molecule has 0 unspecified atom stereocenters. The minimum Gasteiger partial charge on any atom is -0.481 e. The van der Waals surface area contributed by atoms with Gasteiger partial charge in [-0.2, -0.15) is 0 Å². The predicted molar refractivity (Wildman–Crippen MR) is 175 cm³/mol. The Morgan fingerprint density at radius 3 is 2.47 bits per heavy atom. The summed E-state index contributed by atoms with van der Waals surface area (Å²) in [6.07, 6.45) is 3.11. The van der Waals surface area contributed by atoms with Gasteiger partial charge in [-0.3, -0.25) is 13.9 Å². The summed E-state index contributed by atoms with van der Waals surface area (Å²) in [4.78, 5) is 29.7. The molecule has 2 aromatic heterocycles. The molecule has 0 saturated heterocycles.